The predicted molar refractivity (Wildman–Crippen MR) is 89.0 cm³/mol. The molecule has 0 bridgehead atoms. The second-order valence-electron chi connectivity index (χ2n) is 5.62. The van der Waals surface area contributed by atoms with Crippen molar-refractivity contribution in [3.05, 3.63) is 65.2 Å². The Hall–Kier alpha value is -2.00. The maximum Gasteiger partial charge on any atom is 0.196 e. The molecule has 0 radical (unpaired) electrons. The maximum absolute atomic E-state index is 6.35. The molecule has 1 atom stereocenters. The van der Waals surface area contributed by atoms with Gasteiger partial charge in [-0.05, 0) is 31.0 Å². The number of nitrogens with zero attached hydrogens (tertiary/aromatic N) is 2. The van der Waals surface area contributed by atoms with Crippen molar-refractivity contribution in [3.63, 3.8) is 0 Å². The molecule has 3 nitrogen and oxygen atoms in total. The van der Waals surface area contributed by atoms with E-state index in [1.165, 1.54) is 5.56 Å². The third-order valence-corrected chi connectivity index (χ3v) is 4.19. The molecule has 0 aliphatic carbocycles. The van der Waals surface area contributed by atoms with Gasteiger partial charge in [0.15, 0.2) is 5.96 Å². The molecule has 3 rings (SSSR count). The Morgan fingerprint density at radius 2 is 1.81 bits per heavy atom. The van der Waals surface area contributed by atoms with E-state index < -0.39 is 0 Å². The van der Waals surface area contributed by atoms with Gasteiger partial charge in [0.1, 0.15) is 0 Å². The highest BCUT2D eigenvalue weighted by molar-refractivity contribution is 6.34. The van der Waals surface area contributed by atoms with E-state index in [0.29, 0.717) is 17.5 Å². The first-order chi connectivity index (χ1) is 10.1. The number of hydrogen-bond acceptors (Lipinski definition) is 3. The van der Waals surface area contributed by atoms with E-state index in [2.05, 4.69) is 41.1 Å². The molecule has 2 N–H and O–H groups in total. The zero-order chi connectivity index (χ0) is 14.9. The minimum Gasteiger partial charge on any atom is -0.369 e. The molecule has 4 heteroatoms. The summed E-state index contributed by atoms with van der Waals surface area (Å²) in [5.41, 5.74) is 8.11. The zero-order valence-corrected chi connectivity index (χ0v) is 12.7. The smallest absolute Gasteiger partial charge is 0.196 e. The van der Waals surface area contributed by atoms with E-state index in [1.807, 2.05) is 30.3 Å². The number of para-hydroxylation sites is 1. The van der Waals surface area contributed by atoms with Crippen LogP contribution in [0.25, 0.3) is 0 Å². The molecule has 0 spiro atoms. The Labute approximate surface area is 130 Å². The Bertz CT molecular complexity index is 669. The highest BCUT2D eigenvalue weighted by atomic mass is 35.5. The van der Waals surface area contributed by atoms with Crippen molar-refractivity contribution in [2.75, 3.05) is 11.4 Å². The van der Waals surface area contributed by atoms with E-state index in [9.17, 15) is 0 Å². The molecule has 108 valence electrons. The topological polar surface area (TPSA) is 41.6 Å². The van der Waals surface area contributed by atoms with Gasteiger partial charge in [0.25, 0.3) is 0 Å². The highest BCUT2D eigenvalue weighted by Gasteiger charge is 2.39. The van der Waals surface area contributed by atoms with Crippen molar-refractivity contribution < 1.29 is 0 Å². The van der Waals surface area contributed by atoms with Crippen molar-refractivity contribution in [2.45, 2.75) is 18.9 Å². The SMILES string of the molecule is CC1(Cc2ccccc2)CN=C(N)N1c1ccccc1Cl. The van der Waals surface area contributed by atoms with E-state index in [4.69, 9.17) is 17.3 Å². The summed E-state index contributed by atoms with van der Waals surface area (Å²) in [6, 6.07) is 18.1. The molecular formula is C17H18ClN3. The normalized spacial score (nSPS) is 21.4. The van der Waals surface area contributed by atoms with Crippen LogP contribution >= 0.6 is 11.6 Å². The lowest BCUT2D eigenvalue weighted by Gasteiger charge is -2.36. The predicted octanol–water partition coefficient (Wildman–Crippen LogP) is 3.48. The molecule has 2 aromatic carbocycles. The molecule has 1 aliphatic heterocycles. The molecule has 0 fully saturated rings. The van der Waals surface area contributed by atoms with E-state index in [1.54, 1.807) is 0 Å². The van der Waals surface area contributed by atoms with Gasteiger partial charge in [-0.2, -0.15) is 0 Å². The van der Waals surface area contributed by atoms with Crippen LogP contribution in [0.5, 0.6) is 0 Å². The number of nitrogens with two attached hydrogens (primary N) is 1. The van der Waals surface area contributed by atoms with Crippen LogP contribution in [0.1, 0.15) is 12.5 Å². The largest absolute Gasteiger partial charge is 0.369 e. The number of benzene rings is 2. The summed E-state index contributed by atoms with van der Waals surface area (Å²) >= 11 is 6.35. The lowest BCUT2D eigenvalue weighted by molar-refractivity contribution is 0.500. The first-order valence-corrected chi connectivity index (χ1v) is 7.36. The lowest BCUT2D eigenvalue weighted by atomic mass is 9.91. The number of guanidine groups is 1. The zero-order valence-electron chi connectivity index (χ0n) is 12.0. The number of anilines is 1. The monoisotopic (exact) mass is 299 g/mol. The van der Waals surface area contributed by atoms with Gasteiger partial charge in [0.05, 0.1) is 22.8 Å². The van der Waals surface area contributed by atoms with Crippen LogP contribution in [-0.2, 0) is 6.42 Å². The standard InChI is InChI=1S/C17H18ClN3/c1-17(11-13-7-3-2-4-8-13)12-20-16(19)21(17)15-10-6-5-9-14(15)18/h2-10H,11-12H2,1H3,(H2,19,20). The number of hydrogen-bond donors (Lipinski definition) is 1. The Morgan fingerprint density at radius 3 is 2.52 bits per heavy atom. The second kappa shape index (κ2) is 5.41. The van der Waals surface area contributed by atoms with Crippen LogP contribution in [0.15, 0.2) is 59.6 Å². The lowest BCUT2D eigenvalue weighted by Crippen LogP contribution is -2.51. The Balaban J connectivity index is 1.97. The van der Waals surface area contributed by atoms with E-state index >= 15 is 0 Å². The van der Waals surface area contributed by atoms with Crippen molar-refractivity contribution in [3.8, 4) is 0 Å². The van der Waals surface area contributed by atoms with Crippen molar-refractivity contribution in [2.24, 2.45) is 10.7 Å². The van der Waals surface area contributed by atoms with Crippen molar-refractivity contribution in [1.82, 2.24) is 0 Å². The minimum atomic E-state index is -0.198. The molecule has 1 unspecified atom stereocenters. The van der Waals surface area contributed by atoms with Gasteiger partial charge >= 0.3 is 0 Å². The summed E-state index contributed by atoms with van der Waals surface area (Å²) in [5, 5.41) is 0.692. The van der Waals surface area contributed by atoms with Crippen LogP contribution in [0.4, 0.5) is 5.69 Å². The molecule has 0 saturated heterocycles. The van der Waals surface area contributed by atoms with Crippen LogP contribution in [0, 0.1) is 0 Å². The van der Waals surface area contributed by atoms with Gasteiger partial charge in [0.2, 0.25) is 0 Å². The molecule has 2 aromatic rings. The van der Waals surface area contributed by atoms with Crippen LogP contribution in [0.2, 0.25) is 5.02 Å². The average molecular weight is 300 g/mol. The Morgan fingerprint density at radius 1 is 1.14 bits per heavy atom. The number of halogens is 1. The first-order valence-electron chi connectivity index (χ1n) is 6.99. The summed E-state index contributed by atoms with van der Waals surface area (Å²) in [5.74, 6) is 0.529. The summed E-state index contributed by atoms with van der Waals surface area (Å²) in [6.07, 6.45) is 0.864. The molecule has 0 aromatic heterocycles. The second-order valence-corrected chi connectivity index (χ2v) is 6.03. The van der Waals surface area contributed by atoms with Crippen LogP contribution in [0.3, 0.4) is 0 Å². The van der Waals surface area contributed by atoms with Gasteiger partial charge < -0.3 is 10.6 Å². The quantitative estimate of drug-likeness (QED) is 0.943. The summed E-state index contributed by atoms with van der Waals surface area (Å²) < 4.78 is 0. The summed E-state index contributed by atoms with van der Waals surface area (Å²) in [4.78, 5) is 6.50. The van der Waals surface area contributed by atoms with Crippen molar-refractivity contribution in [1.29, 1.82) is 0 Å². The molecule has 0 amide bonds. The molecule has 21 heavy (non-hydrogen) atoms. The van der Waals surface area contributed by atoms with Gasteiger partial charge in [-0.15, -0.1) is 0 Å². The van der Waals surface area contributed by atoms with Gasteiger partial charge in [-0.25, -0.2) is 0 Å². The minimum absolute atomic E-state index is 0.198. The van der Waals surface area contributed by atoms with Crippen LogP contribution in [-0.4, -0.2) is 18.0 Å². The maximum atomic E-state index is 6.35. The van der Waals surface area contributed by atoms with Crippen molar-refractivity contribution >= 4 is 23.2 Å². The highest BCUT2D eigenvalue weighted by Crippen LogP contribution is 2.35. The number of aliphatic imine (C=N–C) groups is 1. The Kier molecular flexibility index (Phi) is 3.60. The van der Waals surface area contributed by atoms with Crippen LogP contribution < -0.4 is 10.6 Å². The van der Waals surface area contributed by atoms with Gasteiger partial charge in [-0.1, -0.05) is 54.1 Å². The van der Waals surface area contributed by atoms with E-state index in [0.717, 1.165) is 12.1 Å². The molecule has 1 heterocycles. The molecular weight excluding hydrogens is 282 g/mol. The fourth-order valence-corrected chi connectivity index (χ4v) is 3.11. The summed E-state index contributed by atoms with van der Waals surface area (Å²) in [6.45, 7) is 2.84. The summed E-state index contributed by atoms with van der Waals surface area (Å²) in [7, 11) is 0. The average Bonchev–Trinajstić information content (AvgIpc) is 2.76. The third kappa shape index (κ3) is 2.61. The molecule has 1 aliphatic rings. The van der Waals surface area contributed by atoms with E-state index in [-0.39, 0.29) is 5.54 Å². The fraction of sp³-hybridized carbons (Fsp3) is 0.235. The molecule has 0 saturated carbocycles. The fourth-order valence-electron chi connectivity index (χ4n) is 2.89. The third-order valence-electron chi connectivity index (χ3n) is 3.87. The van der Waals surface area contributed by atoms with Gasteiger partial charge in [0, 0.05) is 0 Å². The first kappa shape index (κ1) is 14.0. The van der Waals surface area contributed by atoms with Gasteiger partial charge in [-0.3, -0.25) is 4.99 Å². The number of rotatable bonds is 3.